The fourth-order valence-corrected chi connectivity index (χ4v) is 4.40. The average molecular weight is 427 g/mol. The SMILES string of the molecule is N=C(c1ccc(CN2CCCC(O)C2)cc1)N1C(=N)c2ccccc2Nc2ncccc21. The molecule has 1 atom stereocenters. The molecule has 3 heterocycles. The zero-order valence-corrected chi connectivity index (χ0v) is 17.8. The summed E-state index contributed by atoms with van der Waals surface area (Å²) in [7, 11) is 0. The van der Waals surface area contributed by atoms with Crippen LogP contribution < -0.4 is 10.2 Å². The van der Waals surface area contributed by atoms with E-state index in [-0.39, 0.29) is 17.8 Å². The Morgan fingerprint density at radius 3 is 2.72 bits per heavy atom. The van der Waals surface area contributed by atoms with Crippen molar-refractivity contribution in [2.45, 2.75) is 25.5 Å². The number of β-amino-alcohol motifs (C(OH)–C–C–N with tert-alkyl or cyclic N) is 1. The summed E-state index contributed by atoms with van der Waals surface area (Å²) >= 11 is 0. The number of piperidine rings is 1. The minimum atomic E-state index is -0.240. The van der Waals surface area contributed by atoms with Crippen LogP contribution in [0.2, 0.25) is 0 Å². The maximum atomic E-state index is 9.91. The summed E-state index contributed by atoms with van der Waals surface area (Å²) in [5, 5.41) is 31.1. The largest absolute Gasteiger partial charge is 0.392 e. The maximum absolute atomic E-state index is 9.91. The minimum absolute atomic E-state index is 0.225. The molecule has 2 aliphatic heterocycles. The molecule has 1 unspecified atom stereocenters. The minimum Gasteiger partial charge on any atom is -0.392 e. The predicted octanol–water partition coefficient (Wildman–Crippen LogP) is 3.95. The molecule has 0 aliphatic carbocycles. The number of hydrogen-bond donors (Lipinski definition) is 4. The number of nitrogens with zero attached hydrogens (tertiary/aromatic N) is 3. The summed E-state index contributed by atoms with van der Waals surface area (Å²) in [5.74, 6) is 1.08. The molecule has 7 heteroatoms. The van der Waals surface area contributed by atoms with Crippen LogP contribution in [0.25, 0.3) is 0 Å². The van der Waals surface area contributed by atoms with Crippen LogP contribution >= 0.6 is 0 Å². The van der Waals surface area contributed by atoms with Gasteiger partial charge in [0.05, 0.1) is 17.5 Å². The zero-order chi connectivity index (χ0) is 22.1. The Morgan fingerprint density at radius 1 is 1.09 bits per heavy atom. The highest BCUT2D eigenvalue weighted by Gasteiger charge is 2.28. The lowest BCUT2D eigenvalue weighted by Crippen LogP contribution is -2.37. The number of fused-ring (bicyclic) bond motifs is 2. The number of rotatable bonds is 3. The molecule has 0 saturated carbocycles. The summed E-state index contributed by atoms with van der Waals surface area (Å²) in [6.07, 6.45) is 3.36. The maximum Gasteiger partial charge on any atom is 0.154 e. The second-order valence-corrected chi connectivity index (χ2v) is 8.30. The lowest BCUT2D eigenvalue weighted by Gasteiger charge is -2.30. The van der Waals surface area contributed by atoms with Crippen molar-refractivity contribution < 1.29 is 5.11 Å². The van der Waals surface area contributed by atoms with Gasteiger partial charge in [0.2, 0.25) is 0 Å². The van der Waals surface area contributed by atoms with E-state index in [9.17, 15) is 5.11 Å². The van der Waals surface area contributed by atoms with Gasteiger partial charge in [0.1, 0.15) is 11.7 Å². The van der Waals surface area contributed by atoms with Crippen LogP contribution in [0.3, 0.4) is 0 Å². The number of aromatic nitrogens is 1. The Morgan fingerprint density at radius 2 is 1.91 bits per heavy atom. The molecule has 0 radical (unpaired) electrons. The first-order chi connectivity index (χ1) is 15.6. The van der Waals surface area contributed by atoms with E-state index in [2.05, 4.69) is 15.2 Å². The number of para-hydroxylation sites is 1. The first-order valence-electron chi connectivity index (χ1n) is 10.9. The van der Waals surface area contributed by atoms with Crippen LogP contribution in [0.5, 0.6) is 0 Å². The number of nitrogens with one attached hydrogen (secondary N) is 3. The molecule has 2 aliphatic rings. The highest BCUT2D eigenvalue weighted by atomic mass is 16.3. The molecular weight excluding hydrogens is 400 g/mol. The average Bonchev–Trinajstić information content (AvgIpc) is 2.93. The van der Waals surface area contributed by atoms with Gasteiger partial charge in [-0.3, -0.25) is 20.6 Å². The number of aliphatic hydroxyl groups excluding tert-OH is 1. The molecule has 5 rings (SSSR count). The number of anilines is 3. The van der Waals surface area contributed by atoms with Gasteiger partial charge in [-0.15, -0.1) is 0 Å². The van der Waals surface area contributed by atoms with Gasteiger partial charge in [-0.2, -0.15) is 0 Å². The van der Waals surface area contributed by atoms with E-state index in [4.69, 9.17) is 10.8 Å². The predicted molar refractivity (Wildman–Crippen MR) is 127 cm³/mol. The molecule has 2 aromatic carbocycles. The highest BCUT2D eigenvalue weighted by Crippen LogP contribution is 2.34. The van der Waals surface area contributed by atoms with Gasteiger partial charge >= 0.3 is 0 Å². The summed E-state index contributed by atoms with van der Waals surface area (Å²) in [6, 6.07) is 19.2. The van der Waals surface area contributed by atoms with Gasteiger partial charge in [-0.05, 0) is 49.2 Å². The first kappa shape index (κ1) is 20.4. The topological polar surface area (TPSA) is 99.3 Å². The quantitative estimate of drug-likeness (QED) is 0.375. The van der Waals surface area contributed by atoms with Crippen molar-refractivity contribution in [3.05, 3.63) is 83.6 Å². The standard InChI is InChI=1S/C25H26N6O/c26-23(18-11-9-17(10-12-18)15-30-14-4-5-19(32)16-30)31-22-8-3-13-28-25(22)29-21-7-2-1-6-20(21)24(31)27/h1-3,6-13,19,26-27,32H,4-5,14-16H2,(H,28,29). The molecule has 1 aromatic heterocycles. The van der Waals surface area contributed by atoms with E-state index in [0.717, 1.165) is 48.3 Å². The van der Waals surface area contributed by atoms with Crippen LogP contribution in [0.1, 0.15) is 29.5 Å². The van der Waals surface area contributed by atoms with E-state index >= 15 is 0 Å². The molecule has 3 aromatic rings. The van der Waals surface area contributed by atoms with Crippen molar-refractivity contribution in [3.8, 4) is 0 Å². The first-order valence-corrected chi connectivity index (χ1v) is 10.9. The van der Waals surface area contributed by atoms with Crippen molar-refractivity contribution in [3.63, 3.8) is 0 Å². The van der Waals surface area contributed by atoms with Crippen LogP contribution in [0.4, 0.5) is 17.2 Å². The summed E-state index contributed by atoms with van der Waals surface area (Å²) in [6.45, 7) is 2.49. The van der Waals surface area contributed by atoms with Gasteiger partial charge < -0.3 is 10.4 Å². The Bertz CT molecular complexity index is 1160. The summed E-state index contributed by atoms with van der Waals surface area (Å²) < 4.78 is 0. The molecule has 0 bridgehead atoms. The number of hydrogen-bond acceptors (Lipinski definition) is 6. The van der Waals surface area contributed by atoms with Crippen molar-refractivity contribution in [1.82, 2.24) is 9.88 Å². The van der Waals surface area contributed by atoms with Crippen molar-refractivity contribution in [2.24, 2.45) is 0 Å². The lowest BCUT2D eigenvalue weighted by molar-refractivity contribution is 0.0668. The second-order valence-electron chi connectivity index (χ2n) is 8.30. The van der Waals surface area contributed by atoms with E-state index in [1.807, 2.05) is 60.7 Å². The molecular formula is C25H26N6O. The van der Waals surface area contributed by atoms with E-state index in [0.29, 0.717) is 18.1 Å². The molecule has 162 valence electrons. The van der Waals surface area contributed by atoms with E-state index < -0.39 is 0 Å². The normalized spacial score (nSPS) is 18.3. The van der Waals surface area contributed by atoms with Crippen LogP contribution in [-0.2, 0) is 6.54 Å². The summed E-state index contributed by atoms with van der Waals surface area (Å²) in [5.41, 5.74) is 4.06. The molecule has 1 saturated heterocycles. The third-order valence-electron chi connectivity index (χ3n) is 6.02. The Kier molecular flexibility index (Phi) is 5.43. The Balaban J connectivity index is 1.43. The molecule has 7 nitrogen and oxygen atoms in total. The fraction of sp³-hybridized carbons (Fsp3) is 0.240. The molecule has 1 fully saturated rings. The number of aliphatic hydroxyl groups is 1. The van der Waals surface area contributed by atoms with Crippen LogP contribution in [-0.4, -0.2) is 45.9 Å². The van der Waals surface area contributed by atoms with Gasteiger partial charge in [-0.25, -0.2) is 4.98 Å². The smallest absolute Gasteiger partial charge is 0.154 e. The number of likely N-dealkylation sites (tertiary alicyclic amines) is 1. The molecule has 0 amide bonds. The van der Waals surface area contributed by atoms with Gasteiger partial charge in [-0.1, -0.05) is 36.4 Å². The van der Waals surface area contributed by atoms with Crippen molar-refractivity contribution in [1.29, 1.82) is 10.8 Å². The van der Waals surface area contributed by atoms with E-state index in [1.165, 1.54) is 0 Å². The molecule has 32 heavy (non-hydrogen) atoms. The third-order valence-corrected chi connectivity index (χ3v) is 6.02. The van der Waals surface area contributed by atoms with Crippen LogP contribution in [0.15, 0.2) is 66.9 Å². The number of benzene rings is 2. The van der Waals surface area contributed by atoms with Crippen LogP contribution in [0, 0.1) is 10.8 Å². The summed E-state index contributed by atoms with van der Waals surface area (Å²) in [4.78, 5) is 8.36. The lowest BCUT2D eigenvalue weighted by atomic mass is 10.1. The monoisotopic (exact) mass is 426 g/mol. The fourth-order valence-electron chi connectivity index (χ4n) is 4.40. The zero-order valence-electron chi connectivity index (χ0n) is 17.8. The van der Waals surface area contributed by atoms with Gasteiger partial charge in [0.15, 0.2) is 5.82 Å². The molecule has 0 spiro atoms. The van der Waals surface area contributed by atoms with Gasteiger partial charge in [0, 0.05) is 30.4 Å². The second kappa shape index (κ2) is 8.53. The van der Waals surface area contributed by atoms with Crippen molar-refractivity contribution in [2.75, 3.05) is 23.3 Å². The van der Waals surface area contributed by atoms with Gasteiger partial charge in [0.25, 0.3) is 0 Å². The Labute approximate surface area is 187 Å². The molecule has 4 N–H and O–H groups in total. The number of amidine groups is 2. The van der Waals surface area contributed by atoms with Crippen molar-refractivity contribution >= 4 is 28.9 Å². The highest BCUT2D eigenvalue weighted by molar-refractivity contribution is 6.30. The van der Waals surface area contributed by atoms with E-state index in [1.54, 1.807) is 11.1 Å². The Hall–Kier alpha value is -3.55. The number of pyridine rings is 1. The third kappa shape index (κ3) is 3.88.